The van der Waals surface area contributed by atoms with E-state index in [0.29, 0.717) is 30.6 Å². The van der Waals surface area contributed by atoms with Crippen molar-refractivity contribution in [3.8, 4) is 0 Å². The standard InChI is InChI=1S/C18H17ClF5N3O2/c1-2-14-25-16(19)15-13(26(17(28)29)5-6-27(14)15)4-3-9-7-12(21)10(8-11(9)20)18(22,23)24/h7-8,13H,2-6H2,1H3,(H,28,29). The average molecular weight is 438 g/mol. The Hall–Kier alpha value is -2.36. The quantitative estimate of drug-likeness (QED) is 0.680. The summed E-state index contributed by atoms with van der Waals surface area (Å²) in [4.78, 5) is 17.0. The molecule has 158 valence electrons. The van der Waals surface area contributed by atoms with E-state index in [1.165, 1.54) is 0 Å². The topological polar surface area (TPSA) is 58.4 Å². The molecule has 3 rings (SSSR count). The monoisotopic (exact) mass is 437 g/mol. The lowest BCUT2D eigenvalue weighted by Gasteiger charge is -2.35. The largest absolute Gasteiger partial charge is 0.465 e. The van der Waals surface area contributed by atoms with Crippen LogP contribution in [0.3, 0.4) is 0 Å². The number of imidazole rings is 1. The second-order valence-corrected chi connectivity index (χ2v) is 7.02. The van der Waals surface area contributed by atoms with Crippen molar-refractivity contribution in [2.45, 2.75) is 44.9 Å². The van der Waals surface area contributed by atoms with E-state index in [1.807, 2.05) is 6.92 Å². The van der Waals surface area contributed by atoms with Crippen LogP contribution in [0.25, 0.3) is 0 Å². The third-order valence-corrected chi connectivity index (χ3v) is 5.27. The van der Waals surface area contributed by atoms with Crippen LogP contribution in [0, 0.1) is 11.6 Å². The fourth-order valence-electron chi connectivity index (χ4n) is 3.64. The Balaban J connectivity index is 1.92. The SMILES string of the molecule is CCc1nc(Cl)c2n1CCN(C(=O)O)C2CCc1cc(F)c(C(F)(F)F)cc1F. The lowest BCUT2D eigenvalue weighted by atomic mass is 9.99. The molecule has 0 saturated carbocycles. The van der Waals surface area contributed by atoms with E-state index in [4.69, 9.17) is 11.6 Å². The van der Waals surface area contributed by atoms with Crippen LogP contribution in [0.5, 0.6) is 0 Å². The number of aromatic nitrogens is 2. The van der Waals surface area contributed by atoms with Crippen molar-refractivity contribution in [2.75, 3.05) is 6.54 Å². The predicted molar refractivity (Wildman–Crippen MR) is 93.8 cm³/mol. The number of carboxylic acid groups (broad SMARTS) is 1. The fourth-order valence-corrected chi connectivity index (χ4v) is 3.97. The molecule has 5 nitrogen and oxygen atoms in total. The Morgan fingerprint density at radius 1 is 1.28 bits per heavy atom. The number of halogens is 6. The van der Waals surface area contributed by atoms with Crippen molar-refractivity contribution in [1.29, 1.82) is 0 Å². The van der Waals surface area contributed by atoms with E-state index in [2.05, 4.69) is 4.98 Å². The van der Waals surface area contributed by atoms with Crippen LogP contribution in [0.4, 0.5) is 26.7 Å². The molecular formula is C18H17ClF5N3O2. The van der Waals surface area contributed by atoms with E-state index in [-0.39, 0.29) is 36.2 Å². The van der Waals surface area contributed by atoms with Crippen LogP contribution in [-0.4, -0.2) is 32.2 Å². The van der Waals surface area contributed by atoms with Gasteiger partial charge in [-0.3, -0.25) is 4.90 Å². The van der Waals surface area contributed by atoms with E-state index in [9.17, 15) is 31.9 Å². The molecule has 1 unspecified atom stereocenters. The second-order valence-electron chi connectivity index (χ2n) is 6.66. The minimum Gasteiger partial charge on any atom is -0.465 e. The zero-order chi connectivity index (χ0) is 21.5. The molecule has 1 atom stereocenters. The number of rotatable bonds is 4. The van der Waals surface area contributed by atoms with Gasteiger partial charge in [0, 0.05) is 19.5 Å². The highest BCUT2D eigenvalue weighted by molar-refractivity contribution is 6.30. The van der Waals surface area contributed by atoms with Crippen molar-refractivity contribution < 1.29 is 31.9 Å². The maximum Gasteiger partial charge on any atom is 0.419 e. The number of fused-ring (bicyclic) bond motifs is 1. The van der Waals surface area contributed by atoms with Gasteiger partial charge in [-0.1, -0.05) is 18.5 Å². The first-order valence-electron chi connectivity index (χ1n) is 8.84. The number of nitrogens with zero attached hydrogens (tertiary/aromatic N) is 3. The molecule has 0 saturated heterocycles. The van der Waals surface area contributed by atoms with Gasteiger partial charge in [0.2, 0.25) is 0 Å². The molecule has 0 aliphatic carbocycles. The Labute approximate surface area is 167 Å². The number of hydrogen-bond donors (Lipinski definition) is 1. The van der Waals surface area contributed by atoms with Gasteiger partial charge in [0.05, 0.1) is 17.3 Å². The van der Waals surface area contributed by atoms with E-state index >= 15 is 0 Å². The molecule has 1 aliphatic rings. The van der Waals surface area contributed by atoms with Gasteiger partial charge in [0.15, 0.2) is 5.15 Å². The lowest BCUT2D eigenvalue weighted by molar-refractivity contribution is -0.140. The Morgan fingerprint density at radius 3 is 2.55 bits per heavy atom. The van der Waals surface area contributed by atoms with Gasteiger partial charge in [-0.25, -0.2) is 18.6 Å². The number of benzene rings is 1. The van der Waals surface area contributed by atoms with Crippen molar-refractivity contribution in [3.63, 3.8) is 0 Å². The summed E-state index contributed by atoms with van der Waals surface area (Å²) in [5.41, 5.74) is -1.51. The smallest absolute Gasteiger partial charge is 0.419 e. The van der Waals surface area contributed by atoms with Gasteiger partial charge in [-0.05, 0) is 30.5 Å². The summed E-state index contributed by atoms with van der Waals surface area (Å²) < 4.78 is 67.9. The van der Waals surface area contributed by atoms with Crippen LogP contribution in [0.2, 0.25) is 5.15 Å². The molecule has 1 aromatic carbocycles. The first-order chi connectivity index (χ1) is 13.5. The molecule has 0 spiro atoms. The molecule has 2 aromatic rings. The minimum absolute atomic E-state index is 0.00257. The molecule has 1 aromatic heterocycles. The number of hydrogen-bond acceptors (Lipinski definition) is 2. The molecule has 1 amide bonds. The zero-order valence-electron chi connectivity index (χ0n) is 15.2. The van der Waals surface area contributed by atoms with Gasteiger partial charge in [0.1, 0.15) is 17.5 Å². The number of alkyl halides is 3. The Bertz CT molecular complexity index is 945. The Morgan fingerprint density at radius 2 is 1.97 bits per heavy atom. The summed E-state index contributed by atoms with van der Waals surface area (Å²) >= 11 is 6.20. The zero-order valence-corrected chi connectivity index (χ0v) is 16.0. The van der Waals surface area contributed by atoms with Crippen LogP contribution in [0.1, 0.15) is 42.0 Å². The molecule has 11 heteroatoms. The summed E-state index contributed by atoms with van der Waals surface area (Å²) in [5, 5.41) is 9.63. The van der Waals surface area contributed by atoms with Crippen molar-refractivity contribution >= 4 is 17.7 Å². The second kappa shape index (κ2) is 7.81. The van der Waals surface area contributed by atoms with Crippen LogP contribution >= 0.6 is 11.6 Å². The van der Waals surface area contributed by atoms with Gasteiger partial charge < -0.3 is 9.67 Å². The lowest BCUT2D eigenvalue weighted by Crippen LogP contribution is -2.42. The molecule has 0 fully saturated rings. The highest BCUT2D eigenvalue weighted by atomic mass is 35.5. The van der Waals surface area contributed by atoms with Crippen LogP contribution in [0.15, 0.2) is 12.1 Å². The molecule has 0 bridgehead atoms. The molecule has 1 aliphatic heterocycles. The van der Waals surface area contributed by atoms with E-state index in [0.717, 1.165) is 4.90 Å². The normalized spacial score (nSPS) is 16.8. The van der Waals surface area contributed by atoms with Gasteiger partial charge in [0.25, 0.3) is 0 Å². The summed E-state index contributed by atoms with van der Waals surface area (Å²) in [6.07, 6.45) is -5.83. The highest BCUT2D eigenvalue weighted by Gasteiger charge is 2.37. The molecule has 0 radical (unpaired) electrons. The summed E-state index contributed by atoms with van der Waals surface area (Å²) in [5.74, 6) is -2.11. The van der Waals surface area contributed by atoms with Gasteiger partial charge >= 0.3 is 12.3 Å². The number of amides is 1. The van der Waals surface area contributed by atoms with Crippen molar-refractivity contribution in [3.05, 3.63) is 51.6 Å². The molecule has 29 heavy (non-hydrogen) atoms. The van der Waals surface area contributed by atoms with Crippen LogP contribution < -0.4 is 0 Å². The van der Waals surface area contributed by atoms with E-state index < -0.39 is 35.5 Å². The molecule has 1 N–H and O–H groups in total. The van der Waals surface area contributed by atoms with E-state index in [1.54, 1.807) is 4.57 Å². The summed E-state index contributed by atoms with van der Waals surface area (Å²) in [6, 6.07) is -0.165. The fraction of sp³-hybridized carbons (Fsp3) is 0.444. The number of carbonyl (C=O) groups is 1. The van der Waals surface area contributed by atoms with Gasteiger partial charge in [-0.2, -0.15) is 13.2 Å². The summed E-state index contributed by atoms with van der Waals surface area (Å²) in [6.45, 7) is 2.37. The van der Waals surface area contributed by atoms with Crippen molar-refractivity contribution in [2.24, 2.45) is 0 Å². The molecular weight excluding hydrogens is 421 g/mol. The van der Waals surface area contributed by atoms with Crippen molar-refractivity contribution in [1.82, 2.24) is 14.5 Å². The average Bonchev–Trinajstić information content (AvgIpc) is 2.97. The first kappa shape index (κ1) is 21.4. The Kier molecular flexibility index (Phi) is 5.75. The molecule has 2 heterocycles. The third kappa shape index (κ3) is 4.03. The first-order valence-corrected chi connectivity index (χ1v) is 9.21. The highest BCUT2D eigenvalue weighted by Crippen LogP contribution is 2.37. The third-order valence-electron chi connectivity index (χ3n) is 4.99. The van der Waals surface area contributed by atoms with Gasteiger partial charge in [-0.15, -0.1) is 0 Å². The maximum absolute atomic E-state index is 14.2. The maximum atomic E-state index is 14.2. The summed E-state index contributed by atoms with van der Waals surface area (Å²) in [7, 11) is 0. The predicted octanol–water partition coefficient (Wildman–Crippen LogP) is 5.06. The minimum atomic E-state index is -5.01. The number of aryl methyl sites for hydroxylation is 2. The van der Waals surface area contributed by atoms with Crippen LogP contribution in [-0.2, 0) is 25.6 Å².